The van der Waals surface area contributed by atoms with Gasteiger partial charge in [-0.1, -0.05) is 6.07 Å². The number of anilines is 1. The van der Waals surface area contributed by atoms with Gasteiger partial charge in [0, 0.05) is 36.3 Å². The Morgan fingerprint density at radius 3 is 3.00 bits per heavy atom. The second-order valence-electron chi connectivity index (χ2n) is 6.25. The van der Waals surface area contributed by atoms with E-state index in [1.165, 1.54) is 0 Å². The summed E-state index contributed by atoms with van der Waals surface area (Å²) < 4.78 is 0. The molecule has 2 aliphatic rings. The van der Waals surface area contributed by atoms with Crippen LogP contribution in [0.1, 0.15) is 43.0 Å². The molecular weight excluding hydrogens is 278 g/mol. The van der Waals surface area contributed by atoms with Crippen molar-refractivity contribution in [2.45, 2.75) is 44.7 Å². The van der Waals surface area contributed by atoms with E-state index in [0.29, 0.717) is 18.0 Å². The normalized spacial score (nSPS) is 25.3. The van der Waals surface area contributed by atoms with E-state index in [9.17, 15) is 9.59 Å². The second-order valence-corrected chi connectivity index (χ2v) is 6.25. The quantitative estimate of drug-likeness (QED) is 0.893. The molecule has 1 aromatic carbocycles. The summed E-state index contributed by atoms with van der Waals surface area (Å²) >= 11 is 0. The number of piperidine rings is 1. The van der Waals surface area contributed by atoms with Crippen LogP contribution < -0.4 is 15.5 Å². The predicted molar refractivity (Wildman–Crippen MR) is 86.0 cm³/mol. The number of nitrogens with zero attached hydrogens (tertiary/aromatic N) is 1. The fourth-order valence-corrected chi connectivity index (χ4v) is 3.27. The minimum Gasteiger partial charge on any atom is -0.349 e. The Kier molecular flexibility index (Phi) is 4.43. The molecule has 2 fully saturated rings. The van der Waals surface area contributed by atoms with E-state index >= 15 is 0 Å². The van der Waals surface area contributed by atoms with Gasteiger partial charge in [0.05, 0.1) is 0 Å². The maximum absolute atomic E-state index is 12.4. The lowest BCUT2D eigenvalue weighted by molar-refractivity contribution is -0.117. The van der Waals surface area contributed by atoms with Gasteiger partial charge in [0.2, 0.25) is 5.91 Å². The first kappa shape index (κ1) is 15.0. The molecule has 118 valence electrons. The molecular formula is C17H23N3O2. The summed E-state index contributed by atoms with van der Waals surface area (Å²) in [5, 5.41) is 6.49. The van der Waals surface area contributed by atoms with Crippen LogP contribution in [-0.4, -0.2) is 37.0 Å². The molecule has 2 saturated heterocycles. The molecule has 3 rings (SSSR count). The number of hydrogen-bond acceptors (Lipinski definition) is 3. The van der Waals surface area contributed by atoms with Crippen LogP contribution in [0.2, 0.25) is 0 Å². The molecule has 2 aliphatic heterocycles. The molecule has 2 N–H and O–H groups in total. The van der Waals surface area contributed by atoms with Crippen LogP contribution in [0.3, 0.4) is 0 Å². The van der Waals surface area contributed by atoms with Crippen molar-refractivity contribution in [2.75, 3.05) is 18.0 Å². The van der Waals surface area contributed by atoms with Crippen molar-refractivity contribution in [3.63, 3.8) is 0 Å². The third kappa shape index (κ3) is 3.30. The number of benzene rings is 1. The zero-order chi connectivity index (χ0) is 15.5. The summed E-state index contributed by atoms with van der Waals surface area (Å²) in [6.07, 6.45) is 3.40. The van der Waals surface area contributed by atoms with Gasteiger partial charge in [0.1, 0.15) is 0 Å². The number of rotatable bonds is 3. The van der Waals surface area contributed by atoms with Crippen LogP contribution in [-0.2, 0) is 4.79 Å². The molecule has 0 radical (unpaired) electrons. The summed E-state index contributed by atoms with van der Waals surface area (Å²) in [7, 11) is 0. The van der Waals surface area contributed by atoms with Gasteiger partial charge in [-0.15, -0.1) is 0 Å². The van der Waals surface area contributed by atoms with E-state index in [1.807, 2.05) is 24.3 Å². The molecule has 2 atom stereocenters. The minimum absolute atomic E-state index is 0.0485. The zero-order valence-corrected chi connectivity index (χ0v) is 13.0. The van der Waals surface area contributed by atoms with E-state index in [4.69, 9.17) is 0 Å². The molecule has 0 spiro atoms. The molecule has 2 amide bonds. The number of carbonyl (C=O) groups is 2. The number of amides is 2. The molecule has 0 aliphatic carbocycles. The smallest absolute Gasteiger partial charge is 0.251 e. The lowest BCUT2D eigenvalue weighted by atomic mass is 10.00. The number of hydrogen-bond donors (Lipinski definition) is 2. The molecule has 2 heterocycles. The lowest BCUT2D eigenvalue weighted by Gasteiger charge is -2.28. The Bertz CT molecular complexity index is 573. The van der Waals surface area contributed by atoms with Gasteiger partial charge >= 0.3 is 0 Å². The van der Waals surface area contributed by atoms with Crippen molar-refractivity contribution in [3.05, 3.63) is 29.8 Å². The van der Waals surface area contributed by atoms with Crippen LogP contribution in [0.4, 0.5) is 5.69 Å². The zero-order valence-electron chi connectivity index (χ0n) is 13.0. The molecule has 0 bridgehead atoms. The lowest BCUT2D eigenvalue weighted by Crippen LogP contribution is -2.46. The Morgan fingerprint density at radius 2 is 2.27 bits per heavy atom. The van der Waals surface area contributed by atoms with Gasteiger partial charge in [-0.3, -0.25) is 9.59 Å². The predicted octanol–water partition coefficient (Wildman–Crippen LogP) is 1.68. The van der Waals surface area contributed by atoms with Crippen molar-refractivity contribution in [1.29, 1.82) is 0 Å². The third-order valence-electron chi connectivity index (χ3n) is 4.45. The highest BCUT2D eigenvalue weighted by Gasteiger charge is 2.23. The van der Waals surface area contributed by atoms with Crippen molar-refractivity contribution in [3.8, 4) is 0 Å². The topological polar surface area (TPSA) is 61.4 Å². The average molecular weight is 301 g/mol. The van der Waals surface area contributed by atoms with Gasteiger partial charge in [-0.2, -0.15) is 0 Å². The first-order valence-electron chi connectivity index (χ1n) is 8.08. The van der Waals surface area contributed by atoms with Gasteiger partial charge in [0.25, 0.3) is 5.91 Å². The third-order valence-corrected chi connectivity index (χ3v) is 4.45. The Hall–Kier alpha value is -1.88. The Labute approximate surface area is 131 Å². The highest BCUT2D eigenvalue weighted by molar-refractivity contribution is 5.99. The van der Waals surface area contributed by atoms with Gasteiger partial charge in [-0.25, -0.2) is 0 Å². The largest absolute Gasteiger partial charge is 0.349 e. The minimum atomic E-state index is -0.0485. The summed E-state index contributed by atoms with van der Waals surface area (Å²) in [4.78, 5) is 26.0. The SMILES string of the molecule is CC1CC(NC(=O)c2cccc(N3CCCC3=O)c2)CCN1. The fourth-order valence-electron chi connectivity index (χ4n) is 3.27. The molecule has 22 heavy (non-hydrogen) atoms. The molecule has 0 saturated carbocycles. The molecule has 2 unspecified atom stereocenters. The van der Waals surface area contributed by atoms with Crippen LogP contribution in [0, 0.1) is 0 Å². The van der Waals surface area contributed by atoms with E-state index < -0.39 is 0 Å². The van der Waals surface area contributed by atoms with Crippen molar-refractivity contribution < 1.29 is 9.59 Å². The van der Waals surface area contributed by atoms with Crippen LogP contribution in [0.5, 0.6) is 0 Å². The molecule has 0 aromatic heterocycles. The summed E-state index contributed by atoms with van der Waals surface area (Å²) in [6, 6.07) is 8.04. The van der Waals surface area contributed by atoms with E-state index in [0.717, 1.165) is 38.0 Å². The monoisotopic (exact) mass is 301 g/mol. The molecule has 5 heteroatoms. The van der Waals surface area contributed by atoms with Gasteiger partial charge in [0.15, 0.2) is 0 Å². The first-order valence-corrected chi connectivity index (χ1v) is 8.08. The maximum Gasteiger partial charge on any atom is 0.251 e. The number of carbonyl (C=O) groups excluding carboxylic acids is 2. The standard InChI is InChI=1S/C17H23N3O2/c1-12-10-14(7-8-18-12)19-17(22)13-4-2-5-15(11-13)20-9-3-6-16(20)21/h2,4-5,11-12,14,18H,3,6-10H2,1H3,(H,19,22). The Morgan fingerprint density at radius 1 is 1.41 bits per heavy atom. The summed E-state index contributed by atoms with van der Waals surface area (Å²) in [5.41, 5.74) is 1.46. The summed E-state index contributed by atoms with van der Waals surface area (Å²) in [5.74, 6) is 0.0948. The van der Waals surface area contributed by atoms with E-state index in [2.05, 4.69) is 17.6 Å². The molecule has 5 nitrogen and oxygen atoms in total. The number of nitrogens with one attached hydrogen (secondary N) is 2. The first-order chi connectivity index (χ1) is 10.6. The van der Waals surface area contributed by atoms with Crippen LogP contribution >= 0.6 is 0 Å². The van der Waals surface area contributed by atoms with Crippen molar-refractivity contribution >= 4 is 17.5 Å². The van der Waals surface area contributed by atoms with Gasteiger partial charge < -0.3 is 15.5 Å². The van der Waals surface area contributed by atoms with Crippen molar-refractivity contribution in [1.82, 2.24) is 10.6 Å². The highest BCUT2D eigenvalue weighted by Crippen LogP contribution is 2.22. The van der Waals surface area contributed by atoms with Crippen molar-refractivity contribution in [2.24, 2.45) is 0 Å². The van der Waals surface area contributed by atoms with E-state index in [-0.39, 0.29) is 17.9 Å². The van der Waals surface area contributed by atoms with Crippen LogP contribution in [0.25, 0.3) is 0 Å². The fraction of sp³-hybridized carbons (Fsp3) is 0.529. The maximum atomic E-state index is 12.4. The average Bonchev–Trinajstić information content (AvgIpc) is 2.93. The molecule has 1 aromatic rings. The summed E-state index contributed by atoms with van der Waals surface area (Å²) in [6.45, 7) is 3.82. The van der Waals surface area contributed by atoms with Crippen LogP contribution in [0.15, 0.2) is 24.3 Å². The highest BCUT2D eigenvalue weighted by atomic mass is 16.2. The Balaban J connectivity index is 1.68. The van der Waals surface area contributed by atoms with E-state index in [1.54, 1.807) is 4.90 Å². The van der Waals surface area contributed by atoms with Gasteiger partial charge in [-0.05, 0) is 50.9 Å². The second kappa shape index (κ2) is 6.48.